The fraction of sp³-hybridized carbons (Fsp3) is 0.662. The number of carbonyl (C=O) groups is 4. The summed E-state index contributed by atoms with van der Waals surface area (Å²) >= 11 is 0. The number of rotatable bonds is 67. The number of phosphoric ester groups is 2. The highest BCUT2D eigenvalue weighted by molar-refractivity contribution is 7.47. The summed E-state index contributed by atoms with van der Waals surface area (Å²) in [6.45, 7) is 4.39. The molecule has 548 valence electrons. The Hall–Kier alpha value is -4.80. The number of carbonyl (C=O) groups excluding carboxylic acids is 4. The van der Waals surface area contributed by atoms with E-state index in [0.29, 0.717) is 25.7 Å². The van der Waals surface area contributed by atoms with Crippen LogP contribution in [-0.4, -0.2) is 96.7 Å². The molecule has 5 atom stereocenters. The molecule has 0 aromatic carbocycles. The maximum Gasteiger partial charge on any atom is 0.472 e. The molecule has 0 aliphatic heterocycles. The molecule has 17 nitrogen and oxygen atoms in total. The summed E-state index contributed by atoms with van der Waals surface area (Å²) in [5.41, 5.74) is 0. The van der Waals surface area contributed by atoms with Gasteiger partial charge in [0, 0.05) is 19.3 Å². The number of unbranched alkanes of at least 4 members (excludes halogenated alkanes) is 20. The van der Waals surface area contributed by atoms with Gasteiger partial charge in [0.1, 0.15) is 19.3 Å². The third kappa shape index (κ3) is 67.8. The lowest BCUT2D eigenvalue weighted by molar-refractivity contribution is -0.161. The van der Waals surface area contributed by atoms with Gasteiger partial charge in [0.2, 0.25) is 0 Å². The molecule has 0 heterocycles. The van der Waals surface area contributed by atoms with Gasteiger partial charge in [0.15, 0.2) is 12.2 Å². The van der Waals surface area contributed by atoms with Gasteiger partial charge in [0.25, 0.3) is 0 Å². The van der Waals surface area contributed by atoms with Crippen LogP contribution in [0, 0.1) is 0 Å². The van der Waals surface area contributed by atoms with Gasteiger partial charge in [0.05, 0.1) is 32.8 Å². The molecule has 0 saturated carbocycles. The van der Waals surface area contributed by atoms with Gasteiger partial charge in [-0.05, 0) is 135 Å². The van der Waals surface area contributed by atoms with E-state index >= 15 is 0 Å². The van der Waals surface area contributed by atoms with E-state index in [9.17, 15) is 43.2 Å². The SMILES string of the molecule is CC/C=C\C/C=C\C/C=C\C/C=C\C/C=C\CC(=O)OCC(COP(=O)(O)OCC(O)COP(=O)(O)OCC(COC(=O)CCCCCCC/C=C\C/C=C\C/C=C\CC)OC(=O)CCCCCCC/C=C\CCCC)OC(=O)CCCCCCC/C=C\C/C=C\CCCCC. The lowest BCUT2D eigenvalue weighted by Crippen LogP contribution is -2.30. The Balaban J connectivity index is 5.43. The van der Waals surface area contributed by atoms with E-state index in [1.807, 2.05) is 18.2 Å². The van der Waals surface area contributed by atoms with Crippen LogP contribution in [-0.2, 0) is 65.4 Å². The second-order valence-electron chi connectivity index (χ2n) is 23.8. The van der Waals surface area contributed by atoms with E-state index in [4.69, 9.17) is 37.0 Å². The molecule has 0 aromatic heterocycles. The summed E-state index contributed by atoms with van der Waals surface area (Å²) in [6.07, 6.45) is 74.9. The van der Waals surface area contributed by atoms with Crippen LogP contribution in [0.1, 0.15) is 272 Å². The van der Waals surface area contributed by atoms with Gasteiger partial charge in [-0.15, -0.1) is 0 Å². The molecule has 0 spiro atoms. The number of aliphatic hydroxyl groups is 1. The summed E-state index contributed by atoms with van der Waals surface area (Å²) in [5.74, 6) is -2.37. The standard InChI is InChI=1S/C77H128O17P2/c1-5-9-13-17-21-25-29-32-35-38-42-45-49-53-57-61-74(79)87-67-72(93-76(81)63-59-55-51-47-41-28-24-20-16-12-8-4)69-91-95(83,84)89-65-71(78)66-90-96(85,86)92-70-73(94-77(82)64-60-56-52-48-44-40-37-34-31-27-23-19-15-11-7-3)68-88-75(80)62-58-54-50-46-43-39-36-33-30-26-22-18-14-10-6-2/h9-10,13-14,20-27,32-37,43,46,54,58,71-73,78H,5-8,11-12,15-19,28-31,38-42,44-45,47-53,55-57,59-70H2,1-4H3,(H,83,84)(H,85,86)/b13-9-,14-10-,24-20-,25-21-,26-22-,27-23-,35-32-,36-33-,37-34-,46-43-,58-54-. The number of hydrogen-bond donors (Lipinski definition) is 3. The quantitative estimate of drug-likeness (QED) is 0.0169. The molecule has 0 fully saturated rings. The van der Waals surface area contributed by atoms with Crippen molar-refractivity contribution in [3.8, 4) is 0 Å². The molecule has 0 amide bonds. The number of phosphoric acid groups is 2. The molecule has 0 aromatic rings. The molecule has 19 heteroatoms. The topological polar surface area (TPSA) is 237 Å². The zero-order valence-electron chi connectivity index (χ0n) is 59.5. The van der Waals surface area contributed by atoms with Crippen LogP contribution in [0.15, 0.2) is 134 Å². The molecule has 0 rings (SSSR count). The van der Waals surface area contributed by atoms with E-state index in [-0.39, 0.29) is 25.7 Å². The van der Waals surface area contributed by atoms with Crippen molar-refractivity contribution < 1.29 is 80.2 Å². The van der Waals surface area contributed by atoms with Crippen molar-refractivity contribution in [1.29, 1.82) is 0 Å². The van der Waals surface area contributed by atoms with E-state index in [2.05, 4.69) is 137 Å². The maximum atomic E-state index is 13.0. The molecular formula is C77H128O17P2. The number of esters is 4. The minimum atomic E-state index is -5.00. The summed E-state index contributed by atoms with van der Waals surface area (Å²) < 4.78 is 68.2. The third-order valence-electron chi connectivity index (χ3n) is 14.6. The van der Waals surface area contributed by atoms with E-state index in [0.717, 1.165) is 161 Å². The van der Waals surface area contributed by atoms with Crippen molar-refractivity contribution in [2.45, 2.75) is 290 Å². The van der Waals surface area contributed by atoms with Crippen LogP contribution in [0.4, 0.5) is 0 Å². The number of aliphatic hydroxyl groups excluding tert-OH is 1. The molecule has 5 unspecified atom stereocenters. The second kappa shape index (κ2) is 68.7. The van der Waals surface area contributed by atoms with Crippen molar-refractivity contribution in [3.63, 3.8) is 0 Å². The first-order valence-electron chi connectivity index (χ1n) is 36.4. The predicted octanol–water partition coefficient (Wildman–Crippen LogP) is 20.5. The van der Waals surface area contributed by atoms with E-state index in [1.54, 1.807) is 6.08 Å². The summed E-state index contributed by atoms with van der Waals surface area (Å²) in [6, 6.07) is 0. The Bertz CT molecular complexity index is 2350. The molecule has 0 aliphatic carbocycles. The van der Waals surface area contributed by atoms with Crippen molar-refractivity contribution in [2.24, 2.45) is 0 Å². The third-order valence-corrected chi connectivity index (χ3v) is 16.5. The molecular weight excluding hydrogens is 1260 g/mol. The van der Waals surface area contributed by atoms with Crippen LogP contribution >= 0.6 is 15.6 Å². The first-order chi connectivity index (χ1) is 46.7. The Labute approximate surface area is 580 Å². The summed E-state index contributed by atoms with van der Waals surface area (Å²) in [7, 11) is -9.98. The molecule has 96 heavy (non-hydrogen) atoms. The first kappa shape index (κ1) is 91.2. The van der Waals surface area contributed by atoms with Gasteiger partial charge in [-0.3, -0.25) is 37.3 Å². The maximum absolute atomic E-state index is 13.0. The molecule has 3 N–H and O–H groups in total. The molecule has 0 aliphatic rings. The Morgan fingerprint density at radius 2 is 0.594 bits per heavy atom. The highest BCUT2D eigenvalue weighted by Gasteiger charge is 2.30. The zero-order chi connectivity index (χ0) is 70.4. The van der Waals surface area contributed by atoms with Crippen molar-refractivity contribution in [2.75, 3.05) is 39.6 Å². The van der Waals surface area contributed by atoms with Gasteiger partial charge >= 0.3 is 39.5 Å². The van der Waals surface area contributed by atoms with Gasteiger partial charge in [-0.1, -0.05) is 245 Å². The smallest absolute Gasteiger partial charge is 0.462 e. The normalized spacial score (nSPS) is 14.8. The van der Waals surface area contributed by atoms with Crippen molar-refractivity contribution in [1.82, 2.24) is 0 Å². The number of ether oxygens (including phenoxy) is 4. The minimum Gasteiger partial charge on any atom is -0.462 e. The average molecular weight is 1390 g/mol. The highest BCUT2D eigenvalue weighted by atomic mass is 31.2. The monoisotopic (exact) mass is 1390 g/mol. The lowest BCUT2D eigenvalue weighted by Gasteiger charge is -2.21. The van der Waals surface area contributed by atoms with Crippen LogP contribution in [0.2, 0.25) is 0 Å². The largest absolute Gasteiger partial charge is 0.472 e. The Morgan fingerprint density at radius 3 is 0.969 bits per heavy atom. The average Bonchev–Trinajstić information content (AvgIpc) is 1.09. The van der Waals surface area contributed by atoms with E-state index < -0.39 is 97.5 Å². The number of allylic oxidation sites excluding steroid dienone is 21. The highest BCUT2D eigenvalue weighted by Crippen LogP contribution is 2.45. The molecule has 0 radical (unpaired) electrons. The van der Waals surface area contributed by atoms with Crippen molar-refractivity contribution >= 4 is 39.5 Å². The Morgan fingerprint density at radius 1 is 0.312 bits per heavy atom. The van der Waals surface area contributed by atoms with Crippen LogP contribution < -0.4 is 0 Å². The summed E-state index contributed by atoms with van der Waals surface area (Å²) in [4.78, 5) is 72.6. The zero-order valence-corrected chi connectivity index (χ0v) is 61.3. The molecule has 0 bridgehead atoms. The van der Waals surface area contributed by atoms with Gasteiger partial charge < -0.3 is 33.8 Å². The first-order valence-corrected chi connectivity index (χ1v) is 39.4. The van der Waals surface area contributed by atoms with Gasteiger partial charge in [-0.25, -0.2) is 9.13 Å². The minimum absolute atomic E-state index is 0.0560. The van der Waals surface area contributed by atoms with Crippen molar-refractivity contribution in [3.05, 3.63) is 134 Å². The fourth-order valence-corrected chi connectivity index (χ4v) is 10.7. The Kier molecular flexibility index (Phi) is 65.3. The fourth-order valence-electron chi connectivity index (χ4n) is 9.08. The lowest BCUT2D eigenvalue weighted by atomic mass is 10.1. The predicted molar refractivity (Wildman–Crippen MR) is 390 cm³/mol. The second-order valence-corrected chi connectivity index (χ2v) is 26.7. The number of hydrogen-bond acceptors (Lipinski definition) is 15. The van der Waals surface area contributed by atoms with Crippen LogP contribution in [0.25, 0.3) is 0 Å². The molecule has 0 saturated heterocycles. The van der Waals surface area contributed by atoms with Crippen LogP contribution in [0.5, 0.6) is 0 Å². The van der Waals surface area contributed by atoms with Gasteiger partial charge in [-0.2, -0.15) is 0 Å². The van der Waals surface area contributed by atoms with E-state index in [1.165, 1.54) is 32.1 Å². The summed E-state index contributed by atoms with van der Waals surface area (Å²) in [5, 5.41) is 10.6. The van der Waals surface area contributed by atoms with Crippen LogP contribution in [0.3, 0.4) is 0 Å².